The molecular weight excluding hydrogens is 346 g/mol. The summed E-state index contributed by atoms with van der Waals surface area (Å²) in [4.78, 5) is 26.5. The predicted molar refractivity (Wildman–Crippen MR) is 97.9 cm³/mol. The normalized spacial score (nSPS) is 10.5. The van der Waals surface area contributed by atoms with Crippen molar-refractivity contribution >= 4 is 40.5 Å². The van der Waals surface area contributed by atoms with Gasteiger partial charge in [-0.05, 0) is 42.0 Å². The average Bonchev–Trinajstić information content (AvgIpc) is 2.99. The average molecular weight is 366 g/mol. The van der Waals surface area contributed by atoms with E-state index in [2.05, 4.69) is 4.74 Å². The highest BCUT2D eigenvalue weighted by Gasteiger charge is 2.20. The Hall–Kier alpha value is -1.85. The SMILES string of the molecule is COC(=O)Cc1csc(CN(C(=O)CCl)c2c(C)cccc2C)c1. The van der Waals surface area contributed by atoms with Crippen LogP contribution in [0.3, 0.4) is 0 Å². The number of esters is 1. The number of ether oxygens (including phenoxy) is 1. The van der Waals surface area contributed by atoms with Gasteiger partial charge in [-0.25, -0.2) is 0 Å². The van der Waals surface area contributed by atoms with Gasteiger partial charge in [0.15, 0.2) is 0 Å². The van der Waals surface area contributed by atoms with Crippen LogP contribution in [0.4, 0.5) is 5.69 Å². The van der Waals surface area contributed by atoms with Crippen LogP contribution in [0.5, 0.6) is 0 Å². The van der Waals surface area contributed by atoms with E-state index >= 15 is 0 Å². The number of rotatable bonds is 6. The van der Waals surface area contributed by atoms with Crippen LogP contribution in [-0.2, 0) is 27.3 Å². The highest BCUT2D eigenvalue weighted by molar-refractivity contribution is 7.10. The molecule has 0 N–H and O–H groups in total. The zero-order valence-corrected chi connectivity index (χ0v) is 15.5. The molecule has 24 heavy (non-hydrogen) atoms. The van der Waals surface area contributed by atoms with E-state index in [-0.39, 0.29) is 24.2 Å². The molecule has 0 spiro atoms. The maximum absolute atomic E-state index is 12.4. The second-order valence-electron chi connectivity index (χ2n) is 5.53. The number of amides is 1. The zero-order chi connectivity index (χ0) is 17.7. The van der Waals surface area contributed by atoms with Gasteiger partial charge in [0.2, 0.25) is 5.91 Å². The van der Waals surface area contributed by atoms with Crippen LogP contribution >= 0.6 is 22.9 Å². The van der Waals surface area contributed by atoms with E-state index in [4.69, 9.17) is 11.6 Å². The number of anilines is 1. The third-order valence-corrected chi connectivity index (χ3v) is 4.92. The Balaban J connectivity index is 2.28. The number of hydrogen-bond donors (Lipinski definition) is 0. The van der Waals surface area contributed by atoms with Crippen molar-refractivity contribution in [2.45, 2.75) is 26.8 Å². The van der Waals surface area contributed by atoms with Gasteiger partial charge in [0.1, 0.15) is 5.88 Å². The Morgan fingerprint density at radius 1 is 1.25 bits per heavy atom. The molecule has 1 amide bonds. The zero-order valence-electron chi connectivity index (χ0n) is 14.0. The van der Waals surface area contributed by atoms with Gasteiger partial charge in [0, 0.05) is 10.6 Å². The minimum Gasteiger partial charge on any atom is -0.469 e. The van der Waals surface area contributed by atoms with Crippen LogP contribution in [0.15, 0.2) is 29.6 Å². The second kappa shape index (κ2) is 8.31. The molecule has 0 saturated carbocycles. The maximum atomic E-state index is 12.4. The molecule has 0 radical (unpaired) electrons. The molecule has 1 aromatic carbocycles. The first-order valence-electron chi connectivity index (χ1n) is 7.52. The molecule has 2 aromatic rings. The number of nitrogens with zero attached hydrogens (tertiary/aromatic N) is 1. The predicted octanol–water partition coefficient (Wildman–Crippen LogP) is 3.85. The summed E-state index contributed by atoms with van der Waals surface area (Å²) in [5, 5.41) is 1.92. The fraction of sp³-hybridized carbons (Fsp3) is 0.333. The number of para-hydroxylation sites is 1. The van der Waals surface area contributed by atoms with E-state index in [9.17, 15) is 9.59 Å². The monoisotopic (exact) mass is 365 g/mol. The van der Waals surface area contributed by atoms with Crippen molar-refractivity contribution in [3.05, 3.63) is 51.2 Å². The molecule has 4 nitrogen and oxygen atoms in total. The Bertz CT molecular complexity index is 721. The quantitative estimate of drug-likeness (QED) is 0.577. The van der Waals surface area contributed by atoms with E-state index in [1.54, 1.807) is 4.90 Å². The molecule has 0 unspecified atom stereocenters. The summed E-state index contributed by atoms with van der Waals surface area (Å²) in [5.74, 6) is -0.492. The maximum Gasteiger partial charge on any atom is 0.310 e. The van der Waals surface area contributed by atoms with E-state index in [0.29, 0.717) is 6.54 Å². The molecule has 6 heteroatoms. The van der Waals surface area contributed by atoms with Crippen LogP contribution in [0.2, 0.25) is 0 Å². The number of thiophene rings is 1. The topological polar surface area (TPSA) is 46.6 Å². The summed E-state index contributed by atoms with van der Waals surface area (Å²) in [5.41, 5.74) is 3.84. The van der Waals surface area contributed by atoms with Gasteiger partial charge >= 0.3 is 5.97 Å². The minimum atomic E-state index is -0.275. The van der Waals surface area contributed by atoms with Crippen LogP contribution in [-0.4, -0.2) is 24.9 Å². The summed E-state index contributed by atoms with van der Waals surface area (Å²) < 4.78 is 4.68. The fourth-order valence-electron chi connectivity index (χ4n) is 2.59. The Morgan fingerprint density at radius 3 is 2.50 bits per heavy atom. The van der Waals surface area contributed by atoms with Gasteiger partial charge in [-0.1, -0.05) is 18.2 Å². The van der Waals surface area contributed by atoms with Gasteiger partial charge in [-0.15, -0.1) is 22.9 Å². The Labute approximate surface area is 151 Å². The first-order chi connectivity index (χ1) is 11.5. The van der Waals surface area contributed by atoms with Crippen molar-refractivity contribution in [2.24, 2.45) is 0 Å². The Morgan fingerprint density at radius 2 is 1.92 bits per heavy atom. The first-order valence-corrected chi connectivity index (χ1v) is 8.93. The molecule has 1 aromatic heterocycles. The summed E-state index contributed by atoms with van der Waals surface area (Å²) >= 11 is 7.33. The summed E-state index contributed by atoms with van der Waals surface area (Å²) in [6.07, 6.45) is 0.236. The van der Waals surface area contributed by atoms with Crippen molar-refractivity contribution in [2.75, 3.05) is 17.9 Å². The highest BCUT2D eigenvalue weighted by atomic mass is 35.5. The number of benzene rings is 1. The number of methoxy groups -OCH3 is 1. The Kier molecular flexibility index (Phi) is 6.40. The molecule has 0 saturated heterocycles. The molecule has 0 atom stereocenters. The number of halogens is 1. The molecule has 128 valence electrons. The lowest BCUT2D eigenvalue weighted by Gasteiger charge is -2.25. The van der Waals surface area contributed by atoms with Gasteiger partial charge in [0.25, 0.3) is 0 Å². The molecular formula is C18H20ClNO3S. The van der Waals surface area contributed by atoms with Crippen LogP contribution < -0.4 is 4.90 Å². The lowest BCUT2D eigenvalue weighted by atomic mass is 10.1. The van der Waals surface area contributed by atoms with Crippen molar-refractivity contribution in [1.29, 1.82) is 0 Å². The summed E-state index contributed by atoms with van der Waals surface area (Å²) in [6.45, 7) is 4.39. The van der Waals surface area contributed by atoms with Gasteiger partial charge in [-0.3, -0.25) is 9.59 Å². The van der Waals surface area contributed by atoms with Gasteiger partial charge in [0.05, 0.1) is 20.1 Å². The number of aryl methyl sites for hydroxylation is 2. The number of alkyl halides is 1. The smallest absolute Gasteiger partial charge is 0.310 e. The van der Waals surface area contributed by atoms with E-state index in [1.165, 1.54) is 18.4 Å². The molecule has 2 rings (SSSR count). The highest BCUT2D eigenvalue weighted by Crippen LogP contribution is 2.28. The molecule has 0 aliphatic carbocycles. The number of carbonyl (C=O) groups is 2. The summed E-state index contributed by atoms with van der Waals surface area (Å²) in [7, 11) is 1.37. The largest absolute Gasteiger partial charge is 0.469 e. The standard InChI is InChI=1S/C18H20ClNO3S/c1-12-5-4-6-13(2)18(12)20(16(21)9-19)10-15-7-14(11-24-15)8-17(22)23-3/h4-7,11H,8-10H2,1-3H3. The second-order valence-corrected chi connectivity index (χ2v) is 6.79. The van der Waals surface area contributed by atoms with E-state index in [0.717, 1.165) is 27.3 Å². The van der Waals surface area contributed by atoms with Crippen molar-refractivity contribution in [3.8, 4) is 0 Å². The molecule has 0 bridgehead atoms. The van der Waals surface area contributed by atoms with Gasteiger partial charge in [-0.2, -0.15) is 0 Å². The van der Waals surface area contributed by atoms with Crippen LogP contribution in [0.25, 0.3) is 0 Å². The van der Waals surface area contributed by atoms with Crippen LogP contribution in [0.1, 0.15) is 21.6 Å². The lowest BCUT2D eigenvalue weighted by molar-refractivity contribution is -0.139. The van der Waals surface area contributed by atoms with Crippen LogP contribution in [0, 0.1) is 13.8 Å². The van der Waals surface area contributed by atoms with E-state index in [1.807, 2.05) is 43.5 Å². The molecule has 0 aliphatic heterocycles. The van der Waals surface area contributed by atoms with Crippen molar-refractivity contribution < 1.29 is 14.3 Å². The summed E-state index contributed by atoms with van der Waals surface area (Å²) in [6, 6.07) is 7.86. The number of hydrogen-bond acceptors (Lipinski definition) is 4. The molecule has 1 heterocycles. The minimum absolute atomic E-state index is 0.0752. The lowest BCUT2D eigenvalue weighted by Crippen LogP contribution is -2.32. The third kappa shape index (κ3) is 4.36. The molecule has 0 aliphatic rings. The molecule has 0 fully saturated rings. The van der Waals surface area contributed by atoms with E-state index < -0.39 is 0 Å². The third-order valence-electron chi connectivity index (χ3n) is 3.72. The fourth-order valence-corrected chi connectivity index (χ4v) is 3.61. The van der Waals surface area contributed by atoms with Gasteiger partial charge < -0.3 is 9.64 Å². The number of carbonyl (C=O) groups excluding carboxylic acids is 2. The van der Waals surface area contributed by atoms with Crippen molar-refractivity contribution in [3.63, 3.8) is 0 Å². The van der Waals surface area contributed by atoms with Crippen molar-refractivity contribution in [1.82, 2.24) is 0 Å². The first kappa shape index (κ1) is 18.5.